The number of carbonyl (C=O) groups is 3. The molecule has 0 unspecified atom stereocenters. The second-order valence-electron chi connectivity index (χ2n) is 6.11. The van der Waals surface area contributed by atoms with Crippen LogP contribution in [-0.4, -0.2) is 41.4 Å². The van der Waals surface area contributed by atoms with Crippen molar-refractivity contribution in [2.45, 2.75) is 0 Å². The van der Waals surface area contributed by atoms with Crippen molar-refractivity contribution >= 4 is 23.4 Å². The summed E-state index contributed by atoms with van der Waals surface area (Å²) in [7, 11) is 2.75. The van der Waals surface area contributed by atoms with Crippen molar-refractivity contribution in [2.75, 3.05) is 19.5 Å². The van der Waals surface area contributed by atoms with E-state index in [9.17, 15) is 18.8 Å². The van der Waals surface area contributed by atoms with Crippen LogP contribution in [0, 0.1) is 5.82 Å². The average molecular weight is 411 g/mol. The molecule has 0 aliphatic rings. The molecule has 0 aliphatic heterocycles. The van der Waals surface area contributed by atoms with Crippen molar-refractivity contribution in [1.29, 1.82) is 0 Å². The summed E-state index contributed by atoms with van der Waals surface area (Å²) in [6.45, 7) is 0. The van der Waals surface area contributed by atoms with E-state index < -0.39 is 23.5 Å². The van der Waals surface area contributed by atoms with Gasteiger partial charge in [-0.15, -0.1) is 0 Å². The summed E-state index contributed by atoms with van der Waals surface area (Å²) < 4.78 is 20.0. The molecular formula is C20H18FN5O4. The number of benzene rings is 2. The van der Waals surface area contributed by atoms with E-state index in [0.29, 0.717) is 11.4 Å². The van der Waals surface area contributed by atoms with Crippen molar-refractivity contribution in [3.8, 4) is 11.4 Å². The molecule has 3 rings (SSSR count). The number of methoxy groups -OCH3 is 1. The fraction of sp³-hybridized carbons (Fsp3) is 0.100. The van der Waals surface area contributed by atoms with Gasteiger partial charge in [-0.2, -0.15) is 0 Å². The van der Waals surface area contributed by atoms with Crippen LogP contribution in [0.25, 0.3) is 5.69 Å². The minimum Gasteiger partial charge on any atom is -0.494 e. The Morgan fingerprint density at radius 1 is 1.10 bits per heavy atom. The average Bonchev–Trinajstić information content (AvgIpc) is 3.19. The smallest absolute Gasteiger partial charge is 0.272 e. The zero-order chi connectivity index (χ0) is 21.8. The van der Waals surface area contributed by atoms with Crippen LogP contribution in [0.15, 0.2) is 48.8 Å². The summed E-state index contributed by atoms with van der Waals surface area (Å²) in [5.74, 6) is -2.47. The van der Waals surface area contributed by atoms with Gasteiger partial charge in [0.1, 0.15) is 12.0 Å². The number of nitrogens with one attached hydrogen (secondary N) is 2. The molecule has 0 saturated heterocycles. The van der Waals surface area contributed by atoms with E-state index in [0.717, 1.165) is 6.07 Å². The highest BCUT2D eigenvalue weighted by Crippen LogP contribution is 2.20. The standard InChI is InChI=1S/C20H18FN5O4/c1-23-20(29)16-17(18(22)27)26(10-24-16)13-6-4-12(5-7-13)25-19(28)11-3-8-15(30-2)14(21)9-11/h3-10H,1-2H3,(H2,22,27)(H,23,29)(H,25,28). The number of carbonyl (C=O) groups excluding carboxylic acids is 3. The van der Waals surface area contributed by atoms with Gasteiger partial charge in [-0.05, 0) is 42.5 Å². The number of rotatable bonds is 6. The number of nitrogens with zero attached hydrogens (tertiary/aromatic N) is 2. The molecule has 1 aromatic heterocycles. The Hall–Kier alpha value is -4.21. The first-order valence-corrected chi connectivity index (χ1v) is 8.70. The van der Waals surface area contributed by atoms with Crippen molar-refractivity contribution in [3.63, 3.8) is 0 Å². The van der Waals surface area contributed by atoms with E-state index in [1.165, 1.54) is 37.2 Å². The number of ether oxygens (including phenoxy) is 1. The third-order valence-corrected chi connectivity index (χ3v) is 4.26. The van der Waals surface area contributed by atoms with E-state index in [1.54, 1.807) is 24.3 Å². The summed E-state index contributed by atoms with van der Waals surface area (Å²) in [5, 5.41) is 5.04. The lowest BCUT2D eigenvalue weighted by atomic mass is 10.2. The van der Waals surface area contributed by atoms with Crippen LogP contribution < -0.4 is 21.1 Å². The minimum atomic E-state index is -0.815. The number of halogens is 1. The summed E-state index contributed by atoms with van der Waals surface area (Å²) >= 11 is 0. The number of aromatic nitrogens is 2. The van der Waals surface area contributed by atoms with Crippen LogP contribution >= 0.6 is 0 Å². The van der Waals surface area contributed by atoms with E-state index >= 15 is 0 Å². The number of primary amides is 1. The molecule has 0 spiro atoms. The molecule has 0 bridgehead atoms. The Labute approximate surface area is 170 Å². The first-order chi connectivity index (χ1) is 14.3. The lowest BCUT2D eigenvalue weighted by Crippen LogP contribution is -2.25. The fourth-order valence-corrected chi connectivity index (χ4v) is 2.78. The SMILES string of the molecule is CNC(=O)c1ncn(-c2ccc(NC(=O)c3ccc(OC)c(F)c3)cc2)c1C(N)=O. The zero-order valence-electron chi connectivity index (χ0n) is 16.1. The molecular weight excluding hydrogens is 393 g/mol. The van der Waals surface area contributed by atoms with E-state index in [-0.39, 0.29) is 22.7 Å². The summed E-state index contributed by atoms with van der Waals surface area (Å²) in [6, 6.07) is 10.2. The van der Waals surface area contributed by atoms with E-state index in [4.69, 9.17) is 10.5 Å². The normalized spacial score (nSPS) is 10.4. The van der Waals surface area contributed by atoms with Gasteiger partial charge in [-0.1, -0.05) is 0 Å². The second kappa shape index (κ2) is 8.43. The molecule has 0 atom stereocenters. The van der Waals surface area contributed by atoms with Crippen LogP contribution in [-0.2, 0) is 0 Å². The quantitative estimate of drug-likeness (QED) is 0.569. The first-order valence-electron chi connectivity index (χ1n) is 8.70. The maximum atomic E-state index is 13.8. The lowest BCUT2D eigenvalue weighted by molar-refractivity contribution is 0.0937. The molecule has 0 aliphatic carbocycles. The monoisotopic (exact) mass is 411 g/mol. The number of anilines is 1. The number of imidazole rings is 1. The molecule has 3 amide bonds. The van der Waals surface area contributed by atoms with Crippen molar-refractivity contribution < 1.29 is 23.5 Å². The lowest BCUT2D eigenvalue weighted by Gasteiger charge is -2.10. The highest BCUT2D eigenvalue weighted by molar-refractivity contribution is 6.05. The molecule has 2 aromatic carbocycles. The number of nitrogens with two attached hydrogens (primary N) is 1. The van der Waals surface area contributed by atoms with Crippen molar-refractivity contribution in [1.82, 2.24) is 14.9 Å². The van der Waals surface area contributed by atoms with Gasteiger partial charge < -0.3 is 21.1 Å². The molecule has 10 heteroatoms. The third-order valence-electron chi connectivity index (χ3n) is 4.26. The molecule has 0 saturated carbocycles. The Morgan fingerprint density at radius 3 is 2.37 bits per heavy atom. The largest absolute Gasteiger partial charge is 0.494 e. The van der Waals surface area contributed by atoms with Gasteiger partial charge >= 0.3 is 0 Å². The van der Waals surface area contributed by atoms with Crippen LogP contribution in [0.3, 0.4) is 0 Å². The Bertz CT molecular complexity index is 1120. The van der Waals surface area contributed by atoms with Gasteiger partial charge in [-0.25, -0.2) is 9.37 Å². The number of amides is 3. The van der Waals surface area contributed by atoms with Crippen LogP contribution in [0.4, 0.5) is 10.1 Å². The molecule has 30 heavy (non-hydrogen) atoms. The molecule has 0 radical (unpaired) electrons. The van der Waals surface area contributed by atoms with E-state index in [2.05, 4.69) is 15.6 Å². The second-order valence-corrected chi connectivity index (χ2v) is 6.11. The van der Waals surface area contributed by atoms with Gasteiger partial charge in [0.05, 0.1) is 7.11 Å². The maximum absolute atomic E-state index is 13.8. The zero-order valence-corrected chi connectivity index (χ0v) is 16.1. The summed E-state index contributed by atoms with van der Waals surface area (Å²) in [4.78, 5) is 40.0. The van der Waals surface area contributed by atoms with Crippen molar-refractivity contribution in [3.05, 3.63) is 71.6 Å². The Kier molecular flexibility index (Phi) is 5.77. The Balaban J connectivity index is 1.83. The number of hydrogen-bond donors (Lipinski definition) is 3. The summed E-state index contributed by atoms with van der Waals surface area (Å²) in [5.41, 5.74) is 6.30. The highest BCUT2D eigenvalue weighted by Gasteiger charge is 2.22. The van der Waals surface area contributed by atoms with Crippen molar-refractivity contribution in [2.24, 2.45) is 5.73 Å². The molecule has 0 fully saturated rings. The molecule has 3 aromatic rings. The van der Waals surface area contributed by atoms with Crippen LogP contribution in [0.2, 0.25) is 0 Å². The predicted molar refractivity (Wildman–Crippen MR) is 106 cm³/mol. The highest BCUT2D eigenvalue weighted by atomic mass is 19.1. The third kappa shape index (κ3) is 3.97. The number of hydrogen-bond acceptors (Lipinski definition) is 5. The first kappa shape index (κ1) is 20.5. The molecule has 9 nitrogen and oxygen atoms in total. The maximum Gasteiger partial charge on any atom is 0.272 e. The van der Waals surface area contributed by atoms with Crippen LogP contribution in [0.5, 0.6) is 5.75 Å². The van der Waals surface area contributed by atoms with E-state index in [1.807, 2.05) is 0 Å². The molecule has 4 N–H and O–H groups in total. The van der Waals surface area contributed by atoms with Gasteiger partial charge in [0.25, 0.3) is 17.7 Å². The molecule has 154 valence electrons. The minimum absolute atomic E-state index is 0.0395. The topological polar surface area (TPSA) is 128 Å². The fourth-order valence-electron chi connectivity index (χ4n) is 2.78. The van der Waals surface area contributed by atoms with Gasteiger partial charge in [0.2, 0.25) is 0 Å². The molecule has 1 heterocycles. The Morgan fingerprint density at radius 2 is 1.80 bits per heavy atom. The van der Waals surface area contributed by atoms with Gasteiger partial charge in [0.15, 0.2) is 17.3 Å². The van der Waals surface area contributed by atoms with Crippen LogP contribution in [0.1, 0.15) is 31.3 Å². The predicted octanol–water partition coefficient (Wildman–Crippen LogP) is 1.73. The van der Waals surface area contributed by atoms with Gasteiger partial charge in [0, 0.05) is 24.0 Å². The summed E-state index contributed by atoms with van der Waals surface area (Å²) in [6.07, 6.45) is 1.30. The van der Waals surface area contributed by atoms with Gasteiger partial charge in [-0.3, -0.25) is 19.0 Å².